The highest BCUT2D eigenvalue weighted by Crippen LogP contribution is 2.42. The Morgan fingerprint density at radius 3 is 2.75 bits per heavy atom. The van der Waals surface area contributed by atoms with Gasteiger partial charge in [-0.3, -0.25) is 10.2 Å². The van der Waals surface area contributed by atoms with Crippen LogP contribution >= 0.6 is 23.5 Å². The van der Waals surface area contributed by atoms with E-state index in [0.29, 0.717) is 22.2 Å². The van der Waals surface area contributed by atoms with Crippen molar-refractivity contribution in [2.75, 3.05) is 11.5 Å². The Hall–Kier alpha value is -0.660. The molecular weight excluding hydrogens is 246 g/mol. The van der Waals surface area contributed by atoms with Crippen molar-refractivity contribution in [1.82, 2.24) is 15.6 Å². The second kappa shape index (κ2) is 3.97. The lowest BCUT2D eigenvalue weighted by Gasteiger charge is -2.19. The number of hydrazine groups is 1. The number of aryl methyl sites for hydroxylation is 1. The van der Waals surface area contributed by atoms with Crippen molar-refractivity contribution in [3.63, 3.8) is 0 Å². The minimum absolute atomic E-state index is 0.183. The van der Waals surface area contributed by atoms with Gasteiger partial charge in [-0.1, -0.05) is 5.16 Å². The summed E-state index contributed by atoms with van der Waals surface area (Å²) >= 11 is 3.78. The Bertz CT molecular complexity index is 403. The van der Waals surface area contributed by atoms with Gasteiger partial charge in [0.1, 0.15) is 5.76 Å². The molecule has 0 spiro atoms. The van der Waals surface area contributed by atoms with E-state index in [1.54, 1.807) is 13.0 Å². The monoisotopic (exact) mass is 257 g/mol. The summed E-state index contributed by atoms with van der Waals surface area (Å²) in [5, 5.41) is 6.55. The maximum Gasteiger partial charge on any atom is 0.287 e. The third-order valence-electron chi connectivity index (χ3n) is 2.57. The fourth-order valence-corrected chi connectivity index (χ4v) is 4.92. The van der Waals surface area contributed by atoms with Crippen LogP contribution in [0.4, 0.5) is 0 Å². The third-order valence-corrected chi connectivity index (χ3v) is 5.57. The number of hydrogen-bond acceptors (Lipinski definition) is 6. The van der Waals surface area contributed by atoms with E-state index >= 15 is 0 Å². The number of carbonyl (C=O) groups excluding carboxylic acids is 1. The molecule has 3 rings (SSSR count). The number of nitrogens with one attached hydrogen (secondary N) is 1. The van der Waals surface area contributed by atoms with Gasteiger partial charge in [-0.05, 0) is 6.92 Å². The minimum atomic E-state index is -0.183. The van der Waals surface area contributed by atoms with Crippen LogP contribution in [0.3, 0.4) is 0 Å². The molecule has 1 aromatic rings. The first-order valence-electron chi connectivity index (χ1n) is 5.00. The lowest BCUT2D eigenvalue weighted by molar-refractivity contribution is 0.0788. The Labute approximate surface area is 101 Å². The number of thioether (sulfide) groups is 2. The predicted octanol–water partition coefficient (Wildman–Crippen LogP) is 1.08. The number of amides is 1. The summed E-state index contributed by atoms with van der Waals surface area (Å²) in [7, 11) is 0. The molecule has 2 aliphatic rings. The van der Waals surface area contributed by atoms with Crippen LogP contribution in [0.2, 0.25) is 0 Å². The summed E-state index contributed by atoms with van der Waals surface area (Å²) in [6.07, 6.45) is 0. The molecular formula is C9H11N3O2S2. The van der Waals surface area contributed by atoms with E-state index in [9.17, 15) is 4.79 Å². The summed E-state index contributed by atoms with van der Waals surface area (Å²) in [6.45, 7) is 1.77. The van der Waals surface area contributed by atoms with Crippen molar-refractivity contribution >= 4 is 29.4 Å². The molecule has 2 saturated heterocycles. The lowest BCUT2D eigenvalue weighted by atomic mass is 10.4. The summed E-state index contributed by atoms with van der Waals surface area (Å²) in [5.41, 5.74) is 3.25. The lowest BCUT2D eigenvalue weighted by Crippen LogP contribution is -2.45. The first-order chi connectivity index (χ1) is 7.74. The van der Waals surface area contributed by atoms with Gasteiger partial charge in [0.15, 0.2) is 5.69 Å². The van der Waals surface area contributed by atoms with Crippen molar-refractivity contribution < 1.29 is 9.32 Å². The van der Waals surface area contributed by atoms with Crippen molar-refractivity contribution in [3.05, 3.63) is 17.5 Å². The van der Waals surface area contributed by atoms with Gasteiger partial charge in [0.2, 0.25) is 0 Å². The SMILES string of the molecule is Cc1cc(C(=O)NN2[C@@H]3CS[C@@H]2CS3)no1. The minimum Gasteiger partial charge on any atom is -0.361 e. The summed E-state index contributed by atoms with van der Waals surface area (Å²) in [6, 6.07) is 1.65. The topological polar surface area (TPSA) is 58.4 Å². The third kappa shape index (κ3) is 1.72. The van der Waals surface area contributed by atoms with Gasteiger partial charge in [-0.15, -0.1) is 23.5 Å². The molecule has 0 aliphatic carbocycles. The number of rotatable bonds is 2. The van der Waals surface area contributed by atoms with Crippen molar-refractivity contribution in [3.8, 4) is 0 Å². The Morgan fingerprint density at radius 1 is 1.56 bits per heavy atom. The molecule has 5 nitrogen and oxygen atoms in total. The van der Waals surface area contributed by atoms with Crippen LogP contribution in [-0.4, -0.2) is 38.3 Å². The molecule has 7 heteroatoms. The van der Waals surface area contributed by atoms with Crippen LogP contribution in [0.15, 0.2) is 10.6 Å². The maximum atomic E-state index is 11.8. The fourth-order valence-electron chi connectivity index (χ4n) is 1.78. The molecule has 0 saturated carbocycles. The van der Waals surface area contributed by atoms with Gasteiger partial charge < -0.3 is 4.52 Å². The van der Waals surface area contributed by atoms with Gasteiger partial charge in [0.05, 0.1) is 10.7 Å². The molecule has 86 valence electrons. The molecule has 3 heterocycles. The molecule has 16 heavy (non-hydrogen) atoms. The average molecular weight is 257 g/mol. The first kappa shape index (κ1) is 10.5. The van der Waals surface area contributed by atoms with Crippen molar-refractivity contribution in [2.45, 2.75) is 17.7 Å². The number of carbonyl (C=O) groups is 1. The maximum absolute atomic E-state index is 11.8. The Morgan fingerprint density at radius 2 is 2.25 bits per heavy atom. The molecule has 0 radical (unpaired) electrons. The van der Waals surface area contributed by atoms with Crippen molar-refractivity contribution in [1.29, 1.82) is 0 Å². The smallest absolute Gasteiger partial charge is 0.287 e. The van der Waals surface area contributed by atoms with Crippen molar-refractivity contribution in [2.24, 2.45) is 0 Å². The molecule has 2 bridgehead atoms. The summed E-state index contributed by atoms with van der Waals surface area (Å²) < 4.78 is 4.88. The summed E-state index contributed by atoms with van der Waals surface area (Å²) in [4.78, 5) is 11.8. The zero-order valence-electron chi connectivity index (χ0n) is 8.67. The molecule has 1 aromatic heterocycles. The molecule has 0 unspecified atom stereocenters. The largest absolute Gasteiger partial charge is 0.361 e. The molecule has 2 fully saturated rings. The van der Waals surface area contributed by atoms with Gasteiger partial charge in [-0.2, -0.15) is 5.01 Å². The average Bonchev–Trinajstić information content (AvgIpc) is 2.95. The molecule has 1 amide bonds. The van der Waals surface area contributed by atoms with E-state index in [4.69, 9.17) is 4.52 Å². The van der Waals surface area contributed by atoms with E-state index < -0.39 is 0 Å². The molecule has 2 aliphatic heterocycles. The van der Waals surface area contributed by atoms with Crippen LogP contribution in [0.5, 0.6) is 0 Å². The van der Waals surface area contributed by atoms with E-state index in [-0.39, 0.29) is 5.91 Å². The standard InChI is InChI=1S/C9H11N3O2S2/c1-5-2-6(11-14-5)9(13)10-12-7-3-15-8(12)4-16-7/h2,7-8H,3-4H2,1H3,(H,10,13)/t7-,8+. The Balaban J connectivity index is 1.69. The molecule has 2 atom stereocenters. The van der Waals surface area contributed by atoms with Crippen LogP contribution in [0.1, 0.15) is 16.2 Å². The summed E-state index contributed by atoms with van der Waals surface area (Å²) in [5.74, 6) is 2.62. The highest BCUT2D eigenvalue weighted by Gasteiger charge is 2.42. The fraction of sp³-hybridized carbons (Fsp3) is 0.556. The zero-order chi connectivity index (χ0) is 11.1. The Kier molecular flexibility index (Phi) is 2.61. The quantitative estimate of drug-likeness (QED) is 0.855. The number of aromatic nitrogens is 1. The number of hydrogen-bond donors (Lipinski definition) is 1. The predicted molar refractivity (Wildman–Crippen MR) is 63.0 cm³/mol. The molecule has 0 aromatic carbocycles. The first-order valence-corrected chi connectivity index (χ1v) is 7.09. The van der Waals surface area contributed by atoms with Crippen LogP contribution in [-0.2, 0) is 0 Å². The normalized spacial score (nSPS) is 28.6. The van der Waals surface area contributed by atoms with Gasteiger partial charge in [0, 0.05) is 17.6 Å². The number of fused-ring (bicyclic) bond motifs is 2. The van der Waals surface area contributed by atoms with E-state index in [1.807, 2.05) is 28.5 Å². The van der Waals surface area contributed by atoms with Crippen LogP contribution in [0.25, 0.3) is 0 Å². The van der Waals surface area contributed by atoms with Crippen LogP contribution < -0.4 is 5.43 Å². The number of nitrogens with zero attached hydrogens (tertiary/aromatic N) is 2. The van der Waals surface area contributed by atoms with Gasteiger partial charge in [0.25, 0.3) is 5.91 Å². The van der Waals surface area contributed by atoms with E-state index in [0.717, 1.165) is 11.5 Å². The van der Waals surface area contributed by atoms with E-state index in [1.165, 1.54) is 0 Å². The van der Waals surface area contributed by atoms with Crippen LogP contribution in [0, 0.1) is 6.92 Å². The van der Waals surface area contributed by atoms with E-state index in [2.05, 4.69) is 10.6 Å². The molecule has 1 N–H and O–H groups in total. The van der Waals surface area contributed by atoms with Gasteiger partial charge in [-0.25, -0.2) is 0 Å². The van der Waals surface area contributed by atoms with Gasteiger partial charge >= 0.3 is 0 Å². The second-order valence-corrected chi connectivity index (χ2v) is 6.17. The highest BCUT2D eigenvalue weighted by atomic mass is 32.2. The highest BCUT2D eigenvalue weighted by molar-refractivity contribution is 8.07. The zero-order valence-corrected chi connectivity index (χ0v) is 10.3. The second-order valence-electron chi connectivity index (χ2n) is 3.75.